The summed E-state index contributed by atoms with van der Waals surface area (Å²) >= 11 is 0. The largest absolute Gasteiger partial charge is 0.399 e. The highest BCUT2D eigenvalue weighted by Crippen LogP contribution is 2.24. The summed E-state index contributed by atoms with van der Waals surface area (Å²) in [6.07, 6.45) is 20.8. The first-order valence-corrected chi connectivity index (χ1v) is 17.4. The normalized spacial score (nSPS) is 11.3. The maximum Gasteiger partial charge on any atom is 0.0314 e. The lowest BCUT2D eigenvalue weighted by atomic mass is 9.88. The van der Waals surface area contributed by atoms with Crippen molar-refractivity contribution in [2.24, 2.45) is 5.92 Å². The Morgan fingerprint density at radius 2 is 0.705 bits per heavy atom. The van der Waals surface area contributed by atoms with Crippen LogP contribution in [0.3, 0.4) is 0 Å². The number of unbranched alkanes of at least 4 members (excludes halogenated alkanes) is 8. The molecule has 4 aromatic carbocycles. The molecule has 0 unspecified atom stereocenters. The Kier molecular flexibility index (Phi) is 14.4. The summed E-state index contributed by atoms with van der Waals surface area (Å²) in [5, 5.41) is 0. The Hall–Kier alpha value is -3.52. The van der Waals surface area contributed by atoms with Gasteiger partial charge in [-0.15, -0.1) is 0 Å². The van der Waals surface area contributed by atoms with Crippen LogP contribution in [0.2, 0.25) is 0 Å². The van der Waals surface area contributed by atoms with Gasteiger partial charge in [0, 0.05) is 11.4 Å². The molecule has 44 heavy (non-hydrogen) atoms. The van der Waals surface area contributed by atoms with E-state index in [-0.39, 0.29) is 0 Å². The lowest BCUT2D eigenvalue weighted by molar-refractivity contribution is 0.397. The Labute approximate surface area is 268 Å². The van der Waals surface area contributed by atoms with E-state index in [9.17, 15) is 0 Å². The Morgan fingerprint density at radius 1 is 0.386 bits per heavy atom. The molecule has 4 rings (SSSR count). The predicted octanol–water partition coefficient (Wildman–Crippen LogP) is 11.1. The van der Waals surface area contributed by atoms with E-state index in [2.05, 4.69) is 79.7 Å². The second-order valence-electron chi connectivity index (χ2n) is 13.0. The van der Waals surface area contributed by atoms with E-state index < -0.39 is 0 Å². The number of aryl methyl sites for hydroxylation is 2. The molecule has 0 aliphatic rings. The van der Waals surface area contributed by atoms with Crippen LogP contribution in [0.4, 0.5) is 11.4 Å². The summed E-state index contributed by atoms with van der Waals surface area (Å²) in [4.78, 5) is 0. The minimum absolute atomic E-state index is 0.781. The van der Waals surface area contributed by atoms with Crippen molar-refractivity contribution in [3.63, 3.8) is 0 Å². The summed E-state index contributed by atoms with van der Waals surface area (Å²) < 4.78 is 0. The van der Waals surface area contributed by atoms with Gasteiger partial charge in [0.15, 0.2) is 0 Å². The lowest BCUT2D eigenvalue weighted by Crippen LogP contribution is -2.05. The maximum atomic E-state index is 5.86. The van der Waals surface area contributed by atoms with Crippen LogP contribution >= 0.6 is 0 Å². The third-order valence-electron chi connectivity index (χ3n) is 9.22. The van der Waals surface area contributed by atoms with Crippen molar-refractivity contribution in [3.8, 4) is 0 Å². The molecule has 0 aromatic heterocycles. The van der Waals surface area contributed by atoms with Crippen LogP contribution in [-0.4, -0.2) is 0 Å². The molecule has 2 nitrogen and oxygen atoms in total. The lowest BCUT2D eigenvalue weighted by Gasteiger charge is -2.18. The smallest absolute Gasteiger partial charge is 0.0314 e. The summed E-state index contributed by atoms with van der Waals surface area (Å²) in [5.41, 5.74) is 21.7. The quantitative estimate of drug-likeness (QED) is 0.0797. The van der Waals surface area contributed by atoms with Crippen LogP contribution in [0.5, 0.6) is 0 Å². The minimum atomic E-state index is 0.781. The standard InChI is InChI=1S/C42H56N2/c1-2-3-4-5-6-7-8-9-10-11-34(12-14-35-16-20-37(21-17-35)32-39-24-28-41(43)29-25-39)13-15-36-18-22-38(23-19-36)33-40-26-30-42(44)31-27-40/h16-31,34H,2-15,32-33,43-44H2,1H3. The summed E-state index contributed by atoms with van der Waals surface area (Å²) in [6, 6.07) is 35.2. The van der Waals surface area contributed by atoms with E-state index >= 15 is 0 Å². The van der Waals surface area contributed by atoms with Gasteiger partial charge < -0.3 is 11.5 Å². The van der Waals surface area contributed by atoms with Gasteiger partial charge in [-0.1, -0.05) is 144 Å². The highest BCUT2D eigenvalue weighted by atomic mass is 14.5. The van der Waals surface area contributed by atoms with Gasteiger partial charge in [-0.2, -0.15) is 0 Å². The fourth-order valence-electron chi connectivity index (χ4n) is 6.31. The second kappa shape index (κ2) is 19.0. The number of rotatable bonds is 20. The zero-order valence-electron chi connectivity index (χ0n) is 27.3. The second-order valence-corrected chi connectivity index (χ2v) is 13.0. The van der Waals surface area contributed by atoms with Crippen LogP contribution in [-0.2, 0) is 25.7 Å². The van der Waals surface area contributed by atoms with E-state index in [0.29, 0.717) is 0 Å². The molecule has 0 amide bonds. The van der Waals surface area contributed by atoms with Crippen molar-refractivity contribution in [1.82, 2.24) is 0 Å². The van der Waals surface area contributed by atoms with Crippen LogP contribution in [0.1, 0.15) is 117 Å². The monoisotopic (exact) mass is 588 g/mol. The Bertz CT molecular complexity index is 1210. The highest BCUT2D eigenvalue weighted by molar-refractivity contribution is 5.41. The van der Waals surface area contributed by atoms with Crippen LogP contribution in [0.15, 0.2) is 97.1 Å². The first kappa shape index (κ1) is 33.4. The van der Waals surface area contributed by atoms with Crippen LogP contribution < -0.4 is 11.5 Å². The molecule has 0 aliphatic carbocycles. The minimum Gasteiger partial charge on any atom is -0.399 e. The summed E-state index contributed by atoms with van der Waals surface area (Å²) in [6.45, 7) is 2.30. The molecule has 0 aliphatic heterocycles. The molecule has 0 saturated carbocycles. The van der Waals surface area contributed by atoms with E-state index in [4.69, 9.17) is 11.5 Å². The molecule has 234 valence electrons. The topological polar surface area (TPSA) is 52.0 Å². The molecule has 0 radical (unpaired) electrons. The molecule has 0 atom stereocenters. The third-order valence-corrected chi connectivity index (χ3v) is 9.22. The van der Waals surface area contributed by atoms with Gasteiger partial charge in [-0.25, -0.2) is 0 Å². The van der Waals surface area contributed by atoms with Gasteiger partial charge in [0.25, 0.3) is 0 Å². The Balaban J connectivity index is 1.25. The maximum absolute atomic E-state index is 5.86. The molecule has 4 aromatic rings. The molecule has 2 heteroatoms. The van der Waals surface area contributed by atoms with Crippen molar-refractivity contribution >= 4 is 11.4 Å². The van der Waals surface area contributed by atoms with Gasteiger partial charge in [0.2, 0.25) is 0 Å². The summed E-state index contributed by atoms with van der Waals surface area (Å²) in [7, 11) is 0. The number of nitrogen functional groups attached to an aromatic ring is 2. The van der Waals surface area contributed by atoms with E-state index in [0.717, 1.165) is 30.1 Å². The van der Waals surface area contributed by atoms with Gasteiger partial charge in [0.1, 0.15) is 0 Å². The van der Waals surface area contributed by atoms with Gasteiger partial charge in [-0.05, 0) is 102 Å². The summed E-state index contributed by atoms with van der Waals surface area (Å²) in [5.74, 6) is 0.781. The number of hydrogen-bond acceptors (Lipinski definition) is 2. The van der Waals surface area contributed by atoms with Gasteiger partial charge >= 0.3 is 0 Å². The van der Waals surface area contributed by atoms with Crippen molar-refractivity contribution in [1.29, 1.82) is 0 Å². The van der Waals surface area contributed by atoms with E-state index in [1.165, 1.54) is 123 Å². The van der Waals surface area contributed by atoms with Crippen LogP contribution in [0, 0.1) is 5.92 Å². The number of hydrogen-bond donors (Lipinski definition) is 2. The molecule has 0 fully saturated rings. The molecule has 4 N–H and O–H groups in total. The van der Waals surface area contributed by atoms with Crippen molar-refractivity contribution in [2.45, 2.75) is 110 Å². The average Bonchev–Trinajstić information content (AvgIpc) is 3.04. The van der Waals surface area contributed by atoms with Crippen LogP contribution in [0.25, 0.3) is 0 Å². The van der Waals surface area contributed by atoms with Crippen molar-refractivity contribution in [3.05, 3.63) is 130 Å². The fraction of sp³-hybridized carbons (Fsp3) is 0.429. The molecular formula is C42H56N2. The number of benzene rings is 4. The van der Waals surface area contributed by atoms with Gasteiger partial charge in [-0.3, -0.25) is 0 Å². The van der Waals surface area contributed by atoms with Gasteiger partial charge in [0.05, 0.1) is 0 Å². The zero-order valence-corrected chi connectivity index (χ0v) is 27.3. The van der Waals surface area contributed by atoms with E-state index in [1.54, 1.807) is 0 Å². The first-order chi connectivity index (χ1) is 21.6. The number of anilines is 2. The third kappa shape index (κ3) is 12.6. The SMILES string of the molecule is CCCCCCCCCCCC(CCc1ccc(Cc2ccc(N)cc2)cc1)CCc1ccc(Cc2ccc(N)cc2)cc1. The molecule has 0 spiro atoms. The van der Waals surface area contributed by atoms with E-state index in [1.807, 2.05) is 24.3 Å². The average molecular weight is 589 g/mol. The first-order valence-electron chi connectivity index (χ1n) is 17.4. The molecule has 0 saturated heterocycles. The number of nitrogens with two attached hydrogens (primary N) is 2. The zero-order chi connectivity index (χ0) is 30.8. The Morgan fingerprint density at radius 3 is 1.09 bits per heavy atom. The van der Waals surface area contributed by atoms with Crippen molar-refractivity contribution in [2.75, 3.05) is 11.5 Å². The fourth-order valence-corrected chi connectivity index (χ4v) is 6.31. The molecule has 0 heterocycles. The molecule has 0 bridgehead atoms. The predicted molar refractivity (Wildman–Crippen MR) is 192 cm³/mol. The molecular weight excluding hydrogens is 532 g/mol. The highest BCUT2D eigenvalue weighted by Gasteiger charge is 2.11. The van der Waals surface area contributed by atoms with Crippen molar-refractivity contribution < 1.29 is 0 Å².